The Kier molecular flexibility index (Phi) is 5.69. The lowest BCUT2D eigenvalue weighted by molar-refractivity contribution is -0.116. The molecule has 0 aliphatic heterocycles. The van der Waals surface area contributed by atoms with E-state index < -0.39 is 5.69 Å². The maximum absolute atomic E-state index is 12.2. The molecule has 0 spiro atoms. The highest BCUT2D eigenvalue weighted by Gasteiger charge is 2.09. The second-order valence-electron chi connectivity index (χ2n) is 6.12. The van der Waals surface area contributed by atoms with Crippen LogP contribution in [-0.4, -0.2) is 27.6 Å². The van der Waals surface area contributed by atoms with Gasteiger partial charge in [0, 0.05) is 23.5 Å². The van der Waals surface area contributed by atoms with Crippen molar-refractivity contribution in [1.29, 1.82) is 0 Å². The van der Waals surface area contributed by atoms with Crippen molar-refractivity contribution in [1.82, 2.24) is 14.5 Å². The minimum Gasteiger partial charge on any atom is -0.497 e. The number of rotatable bonds is 6. The van der Waals surface area contributed by atoms with Crippen LogP contribution < -0.4 is 20.5 Å². The molecule has 0 aliphatic rings. The van der Waals surface area contributed by atoms with Crippen molar-refractivity contribution in [3.63, 3.8) is 0 Å². The second kappa shape index (κ2) is 8.34. The molecule has 8 nitrogen and oxygen atoms in total. The molecule has 0 saturated carbocycles. The Labute approximate surface area is 161 Å². The summed E-state index contributed by atoms with van der Waals surface area (Å²) in [7, 11) is 1.58. The lowest BCUT2D eigenvalue weighted by Gasteiger charge is -2.11. The lowest BCUT2D eigenvalue weighted by atomic mass is 10.3. The smallest absolute Gasteiger partial charge is 0.348 e. The molecule has 28 heavy (non-hydrogen) atoms. The largest absolute Gasteiger partial charge is 0.497 e. The first-order valence-corrected chi connectivity index (χ1v) is 8.57. The minimum absolute atomic E-state index is 0.125. The predicted molar refractivity (Wildman–Crippen MR) is 104 cm³/mol. The van der Waals surface area contributed by atoms with E-state index in [1.165, 1.54) is 10.8 Å². The quantitative estimate of drug-likeness (QED) is 0.706. The number of nitrogens with zero attached hydrogens (tertiary/aromatic N) is 3. The van der Waals surface area contributed by atoms with E-state index in [4.69, 9.17) is 9.47 Å². The van der Waals surface area contributed by atoms with Gasteiger partial charge in [0.15, 0.2) is 0 Å². The highest BCUT2D eigenvalue weighted by atomic mass is 16.5. The van der Waals surface area contributed by atoms with Crippen LogP contribution in [0.2, 0.25) is 0 Å². The zero-order chi connectivity index (χ0) is 20.1. The van der Waals surface area contributed by atoms with E-state index in [0.29, 0.717) is 34.5 Å². The predicted octanol–water partition coefficient (Wildman–Crippen LogP) is 2.69. The molecule has 8 heteroatoms. The number of carbonyl (C=O) groups excluding carboxylic acids is 1. The summed E-state index contributed by atoms with van der Waals surface area (Å²) in [5.41, 5.74) is 1.34. The monoisotopic (exact) mass is 380 g/mol. The first kappa shape index (κ1) is 19.1. The number of carbonyl (C=O) groups is 1. The molecule has 0 aliphatic carbocycles. The van der Waals surface area contributed by atoms with Gasteiger partial charge in [-0.05, 0) is 38.1 Å². The Hall–Kier alpha value is -3.68. The molecule has 0 unspecified atom stereocenters. The molecular formula is C20H20N4O4. The zero-order valence-corrected chi connectivity index (χ0v) is 15.8. The Morgan fingerprint density at radius 3 is 2.61 bits per heavy atom. The number of aromatic nitrogens is 3. The summed E-state index contributed by atoms with van der Waals surface area (Å²) in [6, 6.07) is 12.2. The number of aryl methyl sites for hydroxylation is 2. The van der Waals surface area contributed by atoms with Crippen LogP contribution in [0.25, 0.3) is 0 Å². The summed E-state index contributed by atoms with van der Waals surface area (Å²) in [6.45, 7) is 3.37. The molecule has 1 amide bonds. The van der Waals surface area contributed by atoms with Crippen molar-refractivity contribution in [3.05, 3.63) is 70.5 Å². The van der Waals surface area contributed by atoms with E-state index in [2.05, 4.69) is 15.3 Å². The van der Waals surface area contributed by atoms with Gasteiger partial charge in [0.1, 0.15) is 18.0 Å². The van der Waals surface area contributed by atoms with Crippen LogP contribution in [0.15, 0.2) is 53.5 Å². The molecule has 1 aromatic carbocycles. The maximum atomic E-state index is 12.2. The van der Waals surface area contributed by atoms with Crippen LogP contribution in [0.1, 0.15) is 11.4 Å². The standard InChI is InChI=1S/C20H20N4O4/c1-13-9-14(2)24(20(26)22-13)12-18(25)23-15-7-8-19(21-11-15)28-17-6-4-5-16(10-17)27-3/h4-11H,12H2,1-3H3,(H,23,25). The number of hydrogen-bond donors (Lipinski definition) is 1. The van der Waals surface area contributed by atoms with Crippen LogP contribution in [0.5, 0.6) is 17.4 Å². The van der Waals surface area contributed by atoms with Crippen molar-refractivity contribution >= 4 is 11.6 Å². The molecule has 0 saturated heterocycles. The number of anilines is 1. The summed E-state index contributed by atoms with van der Waals surface area (Å²) in [4.78, 5) is 32.2. The topological polar surface area (TPSA) is 95.3 Å². The molecule has 3 aromatic rings. The van der Waals surface area contributed by atoms with Crippen LogP contribution in [0.4, 0.5) is 5.69 Å². The highest BCUT2D eigenvalue weighted by molar-refractivity contribution is 5.90. The van der Waals surface area contributed by atoms with E-state index in [1.54, 1.807) is 51.3 Å². The SMILES string of the molecule is COc1cccc(Oc2ccc(NC(=O)Cn3c(C)cc(C)nc3=O)cn2)c1. The van der Waals surface area contributed by atoms with Gasteiger partial charge in [-0.2, -0.15) is 4.98 Å². The molecule has 2 heterocycles. The van der Waals surface area contributed by atoms with Crippen molar-refractivity contribution in [3.8, 4) is 17.4 Å². The first-order valence-electron chi connectivity index (χ1n) is 8.57. The van der Waals surface area contributed by atoms with Gasteiger partial charge in [-0.25, -0.2) is 9.78 Å². The lowest BCUT2D eigenvalue weighted by Crippen LogP contribution is -2.31. The van der Waals surface area contributed by atoms with E-state index in [1.807, 2.05) is 12.1 Å². The van der Waals surface area contributed by atoms with Gasteiger partial charge >= 0.3 is 5.69 Å². The summed E-state index contributed by atoms with van der Waals surface area (Å²) in [5.74, 6) is 1.29. The summed E-state index contributed by atoms with van der Waals surface area (Å²) < 4.78 is 12.1. The normalized spacial score (nSPS) is 10.4. The van der Waals surface area contributed by atoms with E-state index >= 15 is 0 Å². The van der Waals surface area contributed by atoms with Gasteiger partial charge < -0.3 is 14.8 Å². The number of pyridine rings is 1. The third-order valence-corrected chi connectivity index (χ3v) is 3.93. The van der Waals surface area contributed by atoms with Gasteiger partial charge in [-0.1, -0.05) is 6.07 Å². The number of benzene rings is 1. The van der Waals surface area contributed by atoms with Gasteiger partial charge in [-0.3, -0.25) is 9.36 Å². The summed E-state index contributed by atoms with van der Waals surface area (Å²) >= 11 is 0. The van der Waals surface area contributed by atoms with Crippen molar-refractivity contribution in [2.75, 3.05) is 12.4 Å². The summed E-state index contributed by atoms with van der Waals surface area (Å²) in [6.07, 6.45) is 1.48. The van der Waals surface area contributed by atoms with Gasteiger partial charge in [0.2, 0.25) is 11.8 Å². The molecule has 3 rings (SSSR count). The Morgan fingerprint density at radius 2 is 1.93 bits per heavy atom. The van der Waals surface area contributed by atoms with Crippen LogP contribution in [-0.2, 0) is 11.3 Å². The third kappa shape index (κ3) is 4.73. The van der Waals surface area contributed by atoms with Crippen molar-refractivity contribution in [2.24, 2.45) is 0 Å². The van der Waals surface area contributed by atoms with Crippen molar-refractivity contribution in [2.45, 2.75) is 20.4 Å². The maximum Gasteiger partial charge on any atom is 0.348 e. The molecule has 0 bridgehead atoms. The van der Waals surface area contributed by atoms with Gasteiger partial charge in [0.25, 0.3) is 0 Å². The second-order valence-corrected chi connectivity index (χ2v) is 6.12. The van der Waals surface area contributed by atoms with E-state index in [0.717, 1.165) is 0 Å². The molecule has 0 radical (unpaired) electrons. The fourth-order valence-corrected chi connectivity index (χ4v) is 2.61. The minimum atomic E-state index is -0.451. The Balaban J connectivity index is 1.64. The van der Waals surface area contributed by atoms with E-state index in [-0.39, 0.29) is 12.5 Å². The fourth-order valence-electron chi connectivity index (χ4n) is 2.61. The number of hydrogen-bond acceptors (Lipinski definition) is 6. The molecule has 1 N–H and O–H groups in total. The first-order chi connectivity index (χ1) is 13.4. The number of nitrogens with one attached hydrogen (secondary N) is 1. The van der Waals surface area contributed by atoms with Crippen LogP contribution in [0, 0.1) is 13.8 Å². The average molecular weight is 380 g/mol. The Bertz CT molecular complexity index is 1040. The van der Waals surface area contributed by atoms with Gasteiger partial charge in [-0.15, -0.1) is 0 Å². The molecule has 0 fully saturated rings. The number of ether oxygens (including phenoxy) is 2. The van der Waals surface area contributed by atoms with Gasteiger partial charge in [0.05, 0.1) is 19.0 Å². The zero-order valence-electron chi connectivity index (χ0n) is 15.8. The summed E-state index contributed by atoms with van der Waals surface area (Å²) in [5, 5.41) is 2.70. The molecule has 2 aromatic heterocycles. The highest BCUT2D eigenvalue weighted by Crippen LogP contribution is 2.24. The van der Waals surface area contributed by atoms with Crippen LogP contribution >= 0.6 is 0 Å². The fraction of sp³-hybridized carbons (Fsp3) is 0.200. The average Bonchev–Trinajstić information content (AvgIpc) is 2.66. The number of amides is 1. The Morgan fingerprint density at radius 1 is 1.14 bits per heavy atom. The molecule has 0 atom stereocenters. The number of methoxy groups -OCH3 is 1. The molecule has 144 valence electrons. The van der Waals surface area contributed by atoms with Crippen molar-refractivity contribution < 1.29 is 14.3 Å². The van der Waals surface area contributed by atoms with E-state index in [9.17, 15) is 9.59 Å². The third-order valence-electron chi connectivity index (χ3n) is 3.93. The van der Waals surface area contributed by atoms with Crippen LogP contribution in [0.3, 0.4) is 0 Å². The molecular weight excluding hydrogens is 360 g/mol.